The Bertz CT molecular complexity index is 1170. The van der Waals surface area contributed by atoms with Crippen LogP contribution in [-0.4, -0.2) is 26.2 Å². The number of hydrogen-bond acceptors (Lipinski definition) is 6. The van der Waals surface area contributed by atoms with Gasteiger partial charge in [-0.15, -0.1) is 0 Å². The summed E-state index contributed by atoms with van der Waals surface area (Å²) in [6.07, 6.45) is 3.17. The Balaban J connectivity index is 1.59. The molecule has 1 aliphatic heterocycles. The van der Waals surface area contributed by atoms with E-state index in [-0.39, 0.29) is 17.7 Å². The number of nitrogens with two attached hydrogens (primary N) is 1. The first-order valence-electron chi connectivity index (χ1n) is 10.4. The van der Waals surface area contributed by atoms with Crippen LogP contribution in [0.1, 0.15) is 54.4 Å². The maximum Gasteiger partial charge on any atom is 0.166 e. The van der Waals surface area contributed by atoms with Crippen LogP contribution in [0.15, 0.2) is 41.0 Å². The van der Waals surface area contributed by atoms with Crippen molar-refractivity contribution in [3.05, 3.63) is 69.3 Å². The summed E-state index contributed by atoms with van der Waals surface area (Å²) in [6, 6.07) is 10.7. The number of halogens is 2. The first-order valence-corrected chi connectivity index (χ1v) is 11.2. The fourth-order valence-electron chi connectivity index (χ4n) is 4.19. The molecule has 1 aliphatic rings. The van der Waals surface area contributed by atoms with E-state index >= 15 is 0 Å². The van der Waals surface area contributed by atoms with Crippen molar-refractivity contribution >= 4 is 21.7 Å². The van der Waals surface area contributed by atoms with Crippen molar-refractivity contribution in [2.24, 2.45) is 7.05 Å². The summed E-state index contributed by atoms with van der Waals surface area (Å²) in [5.41, 5.74) is 9.12. The maximum atomic E-state index is 14.2. The first kappa shape index (κ1) is 22.2. The summed E-state index contributed by atoms with van der Waals surface area (Å²) < 4.78 is 22.6. The average molecular weight is 499 g/mol. The molecule has 32 heavy (non-hydrogen) atoms. The molecule has 0 bridgehead atoms. The van der Waals surface area contributed by atoms with Gasteiger partial charge in [0.1, 0.15) is 23.7 Å². The van der Waals surface area contributed by atoms with Crippen molar-refractivity contribution in [1.82, 2.24) is 19.7 Å². The SMILES string of the molecule is C[C@@H](Oc1cc(Br)cnc1N)c1cc(F)ccc1CN1CCC[C@@H]1c1cc(C#N)n(C)n1. The molecule has 2 atom stereocenters. The summed E-state index contributed by atoms with van der Waals surface area (Å²) in [5.74, 6) is 0.403. The van der Waals surface area contributed by atoms with Crippen molar-refractivity contribution in [3.8, 4) is 11.8 Å². The molecule has 3 heterocycles. The quantitative estimate of drug-likeness (QED) is 0.531. The van der Waals surface area contributed by atoms with Crippen LogP contribution in [0.2, 0.25) is 0 Å². The summed E-state index contributed by atoms with van der Waals surface area (Å²) in [6.45, 7) is 3.40. The molecule has 0 amide bonds. The highest BCUT2D eigenvalue weighted by Gasteiger charge is 2.29. The van der Waals surface area contributed by atoms with Gasteiger partial charge < -0.3 is 10.5 Å². The van der Waals surface area contributed by atoms with Gasteiger partial charge in [0.05, 0.1) is 11.7 Å². The Morgan fingerprint density at radius 1 is 1.38 bits per heavy atom. The molecule has 7 nitrogen and oxygen atoms in total. The van der Waals surface area contributed by atoms with Crippen LogP contribution in [0.25, 0.3) is 0 Å². The number of ether oxygens (including phenoxy) is 1. The predicted molar refractivity (Wildman–Crippen MR) is 122 cm³/mol. The Labute approximate surface area is 194 Å². The molecule has 4 rings (SSSR count). The fraction of sp³-hybridized carbons (Fsp3) is 0.348. The van der Waals surface area contributed by atoms with Gasteiger partial charge in [0, 0.05) is 24.3 Å². The van der Waals surface area contributed by atoms with E-state index in [4.69, 9.17) is 10.5 Å². The molecule has 1 aromatic carbocycles. The third-order valence-corrected chi connectivity index (χ3v) is 6.22. The zero-order valence-electron chi connectivity index (χ0n) is 17.9. The Hall–Kier alpha value is -2.96. The van der Waals surface area contributed by atoms with Crippen molar-refractivity contribution in [2.75, 3.05) is 12.3 Å². The molecule has 0 saturated carbocycles. The number of nitrogen functional groups attached to an aromatic ring is 1. The topological polar surface area (TPSA) is 93.0 Å². The zero-order valence-corrected chi connectivity index (χ0v) is 19.5. The second-order valence-corrected chi connectivity index (χ2v) is 8.87. The monoisotopic (exact) mass is 498 g/mol. The van der Waals surface area contributed by atoms with Gasteiger partial charge in [-0.25, -0.2) is 9.37 Å². The van der Waals surface area contributed by atoms with Crippen LogP contribution >= 0.6 is 15.9 Å². The molecule has 0 radical (unpaired) electrons. The van der Waals surface area contributed by atoms with Crippen LogP contribution in [0.3, 0.4) is 0 Å². The van der Waals surface area contributed by atoms with Gasteiger partial charge in [0.15, 0.2) is 11.6 Å². The minimum absolute atomic E-state index is 0.113. The van der Waals surface area contributed by atoms with Crippen molar-refractivity contribution in [3.63, 3.8) is 0 Å². The van der Waals surface area contributed by atoms with Crippen LogP contribution in [-0.2, 0) is 13.6 Å². The number of pyridine rings is 1. The first-order chi connectivity index (χ1) is 15.4. The van der Waals surface area contributed by atoms with Gasteiger partial charge in [-0.1, -0.05) is 6.07 Å². The number of rotatable bonds is 6. The number of anilines is 1. The van der Waals surface area contributed by atoms with Gasteiger partial charge in [0.25, 0.3) is 0 Å². The standard InChI is InChI=1S/C23H24BrFN6O/c1-14(32-22-8-16(24)12-28-23(22)27)19-9-17(25)6-5-15(19)13-31-7-3-4-21(31)20-10-18(11-26)30(2)29-20/h5-6,8-10,12,14,21H,3-4,7,13H2,1-2H3,(H2,27,28)/t14-,21-/m1/s1. The molecular formula is C23H24BrFN6O. The second kappa shape index (κ2) is 9.27. The number of aromatic nitrogens is 3. The highest BCUT2D eigenvalue weighted by Crippen LogP contribution is 2.35. The molecule has 3 aromatic rings. The van der Waals surface area contributed by atoms with E-state index in [9.17, 15) is 9.65 Å². The normalized spacial score (nSPS) is 17.3. The van der Waals surface area contributed by atoms with Crippen molar-refractivity contribution < 1.29 is 9.13 Å². The van der Waals surface area contributed by atoms with Crippen LogP contribution in [0.4, 0.5) is 10.2 Å². The smallest absolute Gasteiger partial charge is 0.166 e. The Morgan fingerprint density at radius 3 is 2.94 bits per heavy atom. The molecule has 2 aromatic heterocycles. The third kappa shape index (κ3) is 4.61. The van der Waals surface area contributed by atoms with E-state index < -0.39 is 6.10 Å². The van der Waals surface area contributed by atoms with Crippen molar-refractivity contribution in [1.29, 1.82) is 5.26 Å². The van der Waals surface area contributed by atoms with Gasteiger partial charge in [-0.2, -0.15) is 10.4 Å². The van der Waals surface area contributed by atoms with Crippen LogP contribution < -0.4 is 10.5 Å². The maximum absolute atomic E-state index is 14.2. The number of likely N-dealkylation sites (tertiary alicyclic amines) is 1. The van der Waals surface area contributed by atoms with Gasteiger partial charge in [-0.3, -0.25) is 9.58 Å². The van der Waals surface area contributed by atoms with E-state index in [0.29, 0.717) is 18.0 Å². The van der Waals surface area contributed by atoms with Gasteiger partial charge in [-0.05, 0) is 77.6 Å². The Kier molecular flexibility index (Phi) is 6.44. The molecule has 0 aliphatic carbocycles. The lowest BCUT2D eigenvalue weighted by molar-refractivity contribution is 0.215. The van der Waals surface area contributed by atoms with E-state index in [1.54, 1.807) is 24.0 Å². The number of nitrogens with zero attached hydrogens (tertiary/aromatic N) is 5. The second-order valence-electron chi connectivity index (χ2n) is 7.96. The lowest BCUT2D eigenvalue weighted by atomic mass is 10.0. The largest absolute Gasteiger partial charge is 0.482 e. The van der Waals surface area contributed by atoms with E-state index in [0.717, 1.165) is 40.7 Å². The minimum atomic E-state index is -0.430. The average Bonchev–Trinajstić information content (AvgIpc) is 3.37. The number of hydrogen-bond donors (Lipinski definition) is 1. The molecular weight excluding hydrogens is 475 g/mol. The van der Waals surface area contributed by atoms with Crippen molar-refractivity contribution in [2.45, 2.75) is 38.5 Å². The third-order valence-electron chi connectivity index (χ3n) is 5.79. The summed E-state index contributed by atoms with van der Waals surface area (Å²) >= 11 is 3.38. The van der Waals surface area contributed by atoms with Gasteiger partial charge >= 0.3 is 0 Å². The molecule has 2 N–H and O–H groups in total. The fourth-order valence-corrected chi connectivity index (χ4v) is 4.50. The molecule has 166 valence electrons. The van der Waals surface area contributed by atoms with E-state index in [2.05, 4.69) is 37.0 Å². The summed E-state index contributed by atoms with van der Waals surface area (Å²) in [5, 5.41) is 13.8. The highest BCUT2D eigenvalue weighted by atomic mass is 79.9. The molecule has 0 spiro atoms. The lowest BCUT2D eigenvalue weighted by Crippen LogP contribution is -2.24. The molecule has 1 saturated heterocycles. The predicted octanol–water partition coefficient (Wildman–Crippen LogP) is 4.65. The summed E-state index contributed by atoms with van der Waals surface area (Å²) in [4.78, 5) is 6.42. The Morgan fingerprint density at radius 2 is 2.19 bits per heavy atom. The number of benzene rings is 1. The minimum Gasteiger partial charge on any atom is -0.482 e. The summed E-state index contributed by atoms with van der Waals surface area (Å²) in [7, 11) is 1.78. The number of nitriles is 1. The molecule has 1 fully saturated rings. The van der Waals surface area contributed by atoms with Crippen LogP contribution in [0.5, 0.6) is 5.75 Å². The number of aryl methyl sites for hydroxylation is 1. The van der Waals surface area contributed by atoms with E-state index in [1.807, 2.05) is 19.1 Å². The zero-order chi connectivity index (χ0) is 22.8. The highest BCUT2D eigenvalue weighted by molar-refractivity contribution is 9.10. The van der Waals surface area contributed by atoms with Crippen LogP contribution in [0, 0.1) is 17.1 Å². The molecule has 0 unspecified atom stereocenters. The lowest BCUT2D eigenvalue weighted by Gasteiger charge is -2.26. The van der Waals surface area contributed by atoms with Gasteiger partial charge in [0.2, 0.25) is 0 Å². The molecule has 9 heteroatoms. The van der Waals surface area contributed by atoms with E-state index in [1.165, 1.54) is 12.1 Å².